The quantitative estimate of drug-likeness (QED) is 0.258. The predicted molar refractivity (Wildman–Crippen MR) is 136 cm³/mol. The molecule has 32 heavy (non-hydrogen) atoms. The topological polar surface area (TPSA) is 4.93 Å². The Hall–Kier alpha value is -3.84. The van der Waals surface area contributed by atoms with Crippen molar-refractivity contribution in [3.63, 3.8) is 0 Å². The summed E-state index contributed by atoms with van der Waals surface area (Å²) in [6.45, 7) is 4.78. The molecule has 1 aliphatic rings. The molecule has 1 nitrogen and oxygen atoms in total. The minimum Gasteiger partial charge on any atom is -0.309 e. The van der Waals surface area contributed by atoms with Crippen molar-refractivity contribution in [1.82, 2.24) is 4.57 Å². The molecule has 0 radical (unpaired) electrons. The lowest BCUT2D eigenvalue weighted by molar-refractivity contribution is 0.667. The van der Waals surface area contributed by atoms with Gasteiger partial charge in [0.25, 0.3) is 0 Å². The summed E-state index contributed by atoms with van der Waals surface area (Å²) in [4.78, 5) is 0. The fourth-order valence-electron chi connectivity index (χ4n) is 6.05. The largest absolute Gasteiger partial charge is 0.309 e. The first kappa shape index (κ1) is 17.8. The molecule has 7 rings (SSSR count). The van der Waals surface area contributed by atoms with E-state index in [2.05, 4.69) is 122 Å². The molecule has 0 N–H and O–H groups in total. The van der Waals surface area contributed by atoms with Crippen LogP contribution in [0.15, 0.2) is 103 Å². The summed E-state index contributed by atoms with van der Waals surface area (Å²) in [5.41, 5.74) is 9.37. The van der Waals surface area contributed by atoms with Crippen LogP contribution in [0.1, 0.15) is 25.0 Å². The van der Waals surface area contributed by atoms with Gasteiger partial charge < -0.3 is 4.57 Å². The van der Waals surface area contributed by atoms with Crippen molar-refractivity contribution in [2.75, 3.05) is 0 Å². The first-order chi connectivity index (χ1) is 15.7. The van der Waals surface area contributed by atoms with E-state index in [0.717, 1.165) is 0 Å². The molecular weight excluding hydrogens is 386 g/mol. The Morgan fingerprint density at radius 2 is 1.22 bits per heavy atom. The summed E-state index contributed by atoms with van der Waals surface area (Å²) in [5, 5.41) is 5.37. The molecule has 1 aromatic heterocycles. The van der Waals surface area contributed by atoms with Gasteiger partial charge in [-0.2, -0.15) is 0 Å². The standard InChI is InChI=1S/C31H23N/c1-31(2)25-18-10-8-16-23(25)27-21-14-6-7-15-22(21)30-28(29(27)31)24-17-9-11-19-26(24)32(30)20-12-4-3-5-13-20/h3-19H,1-2H3. The van der Waals surface area contributed by atoms with Gasteiger partial charge in [-0.05, 0) is 45.8 Å². The molecule has 1 heteroatoms. The Balaban J connectivity index is 1.83. The van der Waals surface area contributed by atoms with Crippen LogP contribution in [0.25, 0.3) is 49.4 Å². The number of rotatable bonds is 1. The highest BCUT2D eigenvalue weighted by atomic mass is 15.0. The van der Waals surface area contributed by atoms with Gasteiger partial charge in [-0.3, -0.25) is 0 Å². The van der Waals surface area contributed by atoms with Crippen molar-refractivity contribution in [3.8, 4) is 16.8 Å². The zero-order valence-corrected chi connectivity index (χ0v) is 18.3. The Morgan fingerprint density at radius 1 is 0.594 bits per heavy atom. The average molecular weight is 410 g/mol. The second kappa shape index (κ2) is 6.11. The maximum absolute atomic E-state index is 2.46. The van der Waals surface area contributed by atoms with Crippen LogP contribution in [0.3, 0.4) is 0 Å². The third-order valence-electron chi connectivity index (χ3n) is 7.34. The molecule has 0 bridgehead atoms. The fraction of sp³-hybridized carbons (Fsp3) is 0.0968. The van der Waals surface area contributed by atoms with Gasteiger partial charge in [0.1, 0.15) is 0 Å². The van der Waals surface area contributed by atoms with Gasteiger partial charge in [0.05, 0.1) is 11.0 Å². The van der Waals surface area contributed by atoms with E-state index in [-0.39, 0.29) is 5.41 Å². The fourth-order valence-corrected chi connectivity index (χ4v) is 6.05. The summed E-state index contributed by atoms with van der Waals surface area (Å²) in [6, 6.07) is 37.6. The van der Waals surface area contributed by atoms with Crippen LogP contribution >= 0.6 is 0 Å². The van der Waals surface area contributed by atoms with E-state index in [1.807, 2.05) is 0 Å². The number of hydrogen-bond acceptors (Lipinski definition) is 0. The van der Waals surface area contributed by atoms with Crippen LogP contribution in [0, 0.1) is 0 Å². The molecule has 1 heterocycles. The van der Waals surface area contributed by atoms with E-state index < -0.39 is 0 Å². The zero-order chi connectivity index (χ0) is 21.4. The van der Waals surface area contributed by atoms with Gasteiger partial charge in [0.15, 0.2) is 0 Å². The van der Waals surface area contributed by atoms with Crippen LogP contribution in [0.2, 0.25) is 0 Å². The summed E-state index contributed by atoms with van der Waals surface area (Å²) >= 11 is 0. The Morgan fingerprint density at radius 3 is 2.03 bits per heavy atom. The maximum atomic E-state index is 2.46. The van der Waals surface area contributed by atoms with Crippen molar-refractivity contribution < 1.29 is 0 Å². The molecule has 0 atom stereocenters. The van der Waals surface area contributed by atoms with Crippen molar-refractivity contribution in [1.29, 1.82) is 0 Å². The summed E-state index contributed by atoms with van der Waals surface area (Å²) in [6.07, 6.45) is 0. The Kier molecular flexibility index (Phi) is 3.40. The number of aromatic nitrogens is 1. The van der Waals surface area contributed by atoms with E-state index in [9.17, 15) is 0 Å². The van der Waals surface area contributed by atoms with Crippen LogP contribution in [-0.4, -0.2) is 4.57 Å². The number of para-hydroxylation sites is 2. The van der Waals surface area contributed by atoms with E-state index >= 15 is 0 Å². The normalized spacial score (nSPS) is 14.2. The molecular formula is C31H23N. The molecule has 6 aromatic rings. The Labute approximate surface area is 187 Å². The maximum Gasteiger partial charge on any atom is 0.0623 e. The first-order valence-corrected chi connectivity index (χ1v) is 11.3. The molecule has 0 saturated carbocycles. The third-order valence-corrected chi connectivity index (χ3v) is 7.34. The predicted octanol–water partition coefficient (Wildman–Crippen LogP) is 8.24. The van der Waals surface area contributed by atoms with Crippen molar-refractivity contribution in [2.24, 2.45) is 0 Å². The highest BCUT2D eigenvalue weighted by molar-refractivity contribution is 6.25. The molecule has 5 aromatic carbocycles. The molecule has 0 aliphatic heterocycles. The molecule has 1 aliphatic carbocycles. The van der Waals surface area contributed by atoms with Crippen LogP contribution in [-0.2, 0) is 5.41 Å². The lowest BCUT2D eigenvalue weighted by atomic mass is 9.79. The van der Waals surface area contributed by atoms with Crippen molar-refractivity contribution in [3.05, 3.63) is 114 Å². The number of fused-ring (bicyclic) bond motifs is 10. The van der Waals surface area contributed by atoms with Gasteiger partial charge in [-0.15, -0.1) is 0 Å². The lowest BCUT2D eigenvalue weighted by Gasteiger charge is -2.23. The molecule has 0 spiro atoms. The number of benzene rings is 5. The van der Waals surface area contributed by atoms with Gasteiger partial charge in [-0.25, -0.2) is 0 Å². The van der Waals surface area contributed by atoms with E-state index in [1.54, 1.807) is 0 Å². The van der Waals surface area contributed by atoms with Crippen LogP contribution in [0.5, 0.6) is 0 Å². The summed E-state index contributed by atoms with van der Waals surface area (Å²) in [5.74, 6) is 0. The second-order valence-electron chi connectivity index (χ2n) is 9.38. The smallest absolute Gasteiger partial charge is 0.0623 e. The molecule has 0 amide bonds. The molecule has 0 saturated heterocycles. The third kappa shape index (κ3) is 2.08. The van der Waals surface area contributed by atoms with Crippen molar-refractivity contribution in [2.45, 2.75) is 19.3 Å². The number of hydrogen-bond donors (Lipinski definition) is 0. The SMILES string of the molecule is CC1(C)c2ccccc2-c2c1c1c3ccccc3n(-c3ccccc3)c1c1ccccc21. The minimum atomic E-state index is -0.0696. The highest BCUT2D eigenvalue weighted by Gasteiger charge is 2.39. The highest BCUT2D eigenvalue weighted by Crippen LogP contribution is 2.56. The second-order valence-corrected chi connectivity index (χ2v) is 9.38. The average Bonchev–Trinajstić information content (AvgIpc) is 3.30. The molecule has 152 valence electrons. The van der Waals surface area contributed by atoms with E-state index in [4.69, 9.17) is 0 Å². The Bertz CT molecular complexity index is 1680. The van der Waals surface area contributed by atoms with Crippen LogP contribution < -0.4 is 0 Å². The zero-order valence-electron chi connectivity index (χ0n) is 18.3. The summed E-state index contributed by atoms with van der Waals surface area (Å²) < 4.78 is 2.46. The van der Waals surface area contributed by atoms with Gasteiger partial charge in [0, 0.05) is 27.3 Å². The summed E-state index contributed by atoms with van der Waals surface area (Å²) in [7, 11) is 0. The minimum absolute atomic E-state index is 0.0696. The van der Waals surface area contributed by atoms with E-state index in [1.165, 1.54) is 60.5 Å². The van der Waals surface area contributed by atoms with Crippen molar-refractivity contribution >= 4 is 32.6 Å². The monoisotopic (exact) mass is 409 g/mol. The lowest BCUT2D eigenvalue weighted by Crippen LogP contribution is -2.15. The first-order valence-electron chi connectivity index (χ1n) is 11.3. The van der Waals surface area contributed by atoms with Gasteiger partial charge >= 0.3 is 0 Å². The van der Waals surface area contributed by atoms with Gasteiger partial charge in [-0.1, -0.05) is 98.8 Å². The molecule has 0 fully saturated rings. The molecule has 0 unspecified atom stereocenters. The van der Waals surface area contributed by atoms with Gasteiger partial charge in [0.2, 0.25) is 0 Å². The number of nitrogens with zero attached hydrogens (tertiary/aromatic N) is 1. The van der Waals surface area contributed by atoms with Crippen LogP contribution in [0.4, 0.5) is 0 Å². The van der Waals surface area contributed by atoms with E-state index in [0.29, 0.717) is 0 Å².